The van der Waals surface area contributed by atoms with Gasteiger partial charge >= 0.3 is 0 Å². The van der Waals surface area contributed by atoms with Crippen LogP contribution in [0, 0.1) is 0 Å². The van der Waals surface area contributed by atoms with Crippen LogP contribution >= 0.6 is 0 Å². The van der Waals surface area contributed by atoms with E-state index >= 15 is 0 Å². The van der Waals surface area contributed by atoms with Gasteiger partial charge in [0.2, 0.25) is 0 Å². The number of anilines is 1. The number of fused-ring (bicyclic) bond motifs is 4. The fraction of sp³-hybridized carbons (Fsp3) is 0.200. The number of amides is 1. The number of aromatic nitrogens is 1. The number of rotatable bonds is 4. The van der Waals surface area contributed by atoms with E-state index in [0.29, 0.717) is 23.6 Å². The summed E-state index contributed by atoms with van der Waals surface area (Å²) >= 11 is 0. The molecular formula is C25H22N2O3. The summed E-state index contributed by atoms with van der Waals surface area (Å²) in [6.45, 7) is 2.37. The van der Waals surface area contributed by atoms with Crippen LogP contribution in [0.15, 0.2) is 59.4 Å². The van der Waals surface area contributed by atoms with Crippen molar-refractivity contribution in [3.05, 3.63) is 81.6 Å². The van der Waals surface area contributed by atoms with Crippen LogP contribution in [0.25, 0.3) is 21.7 Å². The largest absolute Gasteiger partial charge is 0.493 e. The molecule has 5 nitrogen and oxygen atoms in total. The molecule has 5 heteroatoms. The summed E-state index contributed by atoms with van der Waals surface area (Å²) in [6.07, 6.45) is 2.77. The number of ether oxygens (including phenoxy) is 1. The third-order valence-corrected chi connectivity index (χ3v) is 5.76. The first-order valence-electron chi connectivity index (χ1n) is 10.3. The maximum atomic E-state index is 13.3. The van der Waals surface area contributed by atoms with Crippen LogP contribution in [-0.2, 0) is 12.8 Å². The smallest absolute Gasteiger partial charge is 0.260 e. The van der Waals surface area contributed by atoms with Gasteiger partial charge in [0.05, 0.1) is 17.7 Å². The summed E-state index contributed by atoms with van der Waals surface area (Å²) in [5.41, 5.74) is 3.91. The van der Waals surface area contributed by atoms with Crippen LogP contribution in [0.3, 0.4) is 0 Å². The van der Waals surface area contributed by atoms with Gasteiger partial charge in [0.15, 0.2) is 0 Å². The molecule has 30 heavy (non-hydrogen) atoms. The van der Waals surface area contributed by atoms with Crippen molar-refractivity contribution < 1.29 is 9.53 Å². The normalized spacial score (nSPS) is 12.8. The number of nitrogens with one attached hydrogen (secondary N) is 2. The summed E-state index contributed by atoms with van der Waals surface area (Å²) in [5, 5.41) is 5.86. The number of aromatic amines is 1. The number of carbonyl (C=O) groups excluding carboxylic acids is 1. The molecule has 1 amide bonds. The molecule has 1 aliphatic carbocycles. The van der Waals surface area contributed by atoms with E-state index in [-0.39, 0.29) is 11.5 Å². The molecule has 0 fully saturated rings. The number of hydrogen-bond acceptors (Lipinski definition) is 3. The average molecular weight is 398 g/mol. The third kappa shape index (κ3) is 3.03. The van der Waals surface area contributed by atoms with Gasteiger partial charge in [0.25, 0.3) is 11.5 Å². The van der Waals surface area contributed by atoms with Crippen LogP contribution in [0.4, 0.5) is 5.69 Å². The van der Waals surface area contributed by atoms with Gasteiger partial charge in [-0.15, -0.1) is 0 Å². The van der Waals surface area contributed by atoms with Crippen molar-refractivity contribution in [3.8, 4) is 5.75 Å². The van der Waals surface area contributed by atoms with Crippen LogP contribution < -0.4 is 15.6 Å². The highest BCUT2D eigenvalue weighted by atomic mass is 16.5. The van der Waals surface area contributed by atoms with Gasteiger partial charge in [-0.3, -0.25) is 9.59 Å². The first-order chi connectivity index (χ1) is 14.7. The number of hydrogen-bond donors (Lipinski definition) is 2. The molecule has 0 aliphatic heterocycles. The van der Waals surface area contributed by atoms with E-state index in [9.17, 15) is 9.59 Å². The van der Waals surface area contributed by atoms with E-state index in [2.05, 4.69) is 10.3 Å². The Labute approximate surface area is 173 Å². The summed E-state index contributed by atoms with van der Waals surface area (Å²) in [5.74, 6) is 0.318. The topological polar surface area (TPSA) is 71.2 Å². The van der Waals surface area contributed by atoms with Gasteiger partial charge in [-0.25, -0.2) is 0 Å². The van der Waals surface area contributed by atoms with Crippen molar-refractivity contribution in [3.63, 3.8) is 0 Å². The Hall–Kier alpha value is -3.60. The lowest BCUT2D eigenvalue weighted by Crippen LogP contribution is -2.15. The lowest BCUT2D eigenvalue weighted by molar-refractivity contribution is 0.102. The average Bonchev–Trinajstić information content (AvgIpc) is 3.24. The minimum Gasteiger partial charge on any atom is -0.493 e. The molecule has 0 unspecified atom stereocenters. The minimum atomic E-state index is -0.238. The summed E-state index contributed by atoms with van der Waals surface area (Å²) in [4.78, 5) is 28.6. The molecule has 0 bridgehead atoms. The molecular weight excluding hydrogens is 376 g/mol. The quantitative estimate of drug-likeness (QED) is 0.518. The van der Waals surface area contributed by atoms with Crippen molar-refractivity contribution in [1.82, 2.24) is 4.98 Å². The maximum Gasteiger partial charge on any atom is 0.260 e. The number of carbonyl (C=O) groups is 1. The molecule has 1 aromatic heterocycles. The predicted molar refractivity (Wildman–Crippen MR) is 120 cm³/mol. The van der Waals surface area contributed by atoms with Crippen LogP contribution in [0.2, 0.25) is 0 Å². The molecule has 150 valence electrons. The molecule has 4 aromatic rings. The van der Waals surface area contributed by atoms with E-state index in [1.165, 1.54) is 0 Å². The van der Waals surface area contributed by atoms with Crippen molar-refractivity contribution in [2.45, 2.75) is 26.2 Å². The highest BCUT2D eigenvalue weighted by Crippen LogP contribution is 2.31. The van der Waals surface area contributed by atoms with Crippen molar-refractivity contribution in [2.75, 3.05) is 11.9 Å². The molecule has 0 radical (unpaired) electrons. The zero-order chi connectivity index (χ0) is 20.7. The standard InChI is InChI=1S/C25H22N2O3/c1-2-30-22-13-10-15-6-3-4-7-17(15)23(22)25(29)26-16-11-12-19-18-8-5-9-20(18)24(28)27-21(19)14-16/h3-4,6-7,10-14H,2,5,8-9H2,1H3,(H,26,29)(H,27,28). The molecule has 0 saturated heterocycles. The molecule has 2 N–H and O–H groups in total. The minimum absolute atomic E-state index is 0.0221. The molecule has 0 saturated carbocycles. The highest BCUT2D eigenvalue weighted by Gasteiger charge is 2.20. The molecule has 0 atom stereocenters. The van der Waals surface area contributed by atoms with Gasteiger partial charge in [-0.2, -0.15) is 0 Å². The number of benzene rings is 3. The van der Waals surface area contributed by atoms with E-state index in [1.807, 2.05) is 61.5 Å². The van der Waals surface area contributed by atoms with Crippen molar-refractivity contribution >= 4 is 33.3 Å². The lowest BCUT2D eigenvalue weighted by atomic mass is 10.0. The van der Waals surface area contributed by atoms with Crippen molar-refractivity contribution in [2.24, 2.45) is 0 Å². The maximum absolute atomic E-state index is 13.3. The van der Waals surface area contributed by atoms with Crippen LogP contribution in [-0.4, -0.2) is 17.5 Å². The monoisotopic (exact) mass is 398 g/mol. The molecule has 1 heterocycles. The zero-order valence-corrected chi connectivity index (χ0v) is 16.7. The number of pyridine rings is 1. The second-order valence-corrected chi connectivity index (χ2v) is 7.57. The first-order valence-corrected chi connectivity index (χ1v) is 10.3. The predicted octanol–water partition coefficient (Wildman–Crippen LogP) is 4.82. The Morgan fingerprint density at radius 2 is 1.87 bits per heavy atom. The van der Waals surface area contributed by atoms with Gasteiger partial charge in [-0.1, -0.05) is 36.4 Å². The first kappa shape index (κ1) is 18.4. The molecule has 5 rings (SSSR count). The Balaban J connectivity index is 1.56. The zero-order valence-electron chi connectivity index (χ0n) is 16.7. The summed E-state index contributed by atoms with van der Waals surface area (Å²) in [6, 6.07) is 17.3. The van der Waals surface area contributed by atoms with E-state index in [4.69, 9.17) is 4.74 Å². The molecule has 0 spiro atoms. The van der Waals surface area contributed by atoms with Crippen molar-refractivity contribution in [1.29, 1.82) is 0 Å². The van der Waals surface area contributed by atoms with Crippen LogP contribution in [0.1, 0.15) is 34.8 Å². The number of aryl methyl sites for hydroxylation is 1. The van der Waals surface area contributed by atoms with E-state index in [1.54, 1.807) is 0 Å². The third-order valence-electron chi connectivity index (χ3n) is 5.76. The Morgan fingerprint density at radius 3 is 2.73 bits per heavy atom. The van der Waals surface area contributed by atoms with Gasteiger partial charge in [0.1, 0.15) is 5.75 Å². The Kier molecular flexibility index (Phi) is 4.51. The highest BCUT2D eigenvalue weighted by molar-refractivity contribution is 6.15. The molecule has 1 aliphatic rings. The fourth-order valence-corrected chi connectivity index (χ4v) is 4.43. The number of H-pyrrole nitrogens is 1. The lowest BCUT2D eigenvalue weighted by Gasteiger charge is -2.14. The fourth-order valence-electron chi connectivity index (χ4n) is 4.43. The van der Waals surface area contributed by atoms with E-state index < -0.39 is 0 Å². The van der Waals surface area contributed by atoms with Gasteiger partial charge in [0, 0.05) is 16.6 Å². The van der Waals surface area contributed by atoms with Gasteiger partial charge < -0.3 is 15.0 Å². The van der Waals surface area contributed by atoms with E-state index in [0.717, 1.165) is 52.1 Å². The molecule has 3 aromatic carbocycles. The summed E-state index contributed by atoms with van der Waals surface area (Å²) in [7, 11) is 0. The Morgan fingerprint density at radius 1 is 1.03 bits per heavy atom. The van der Waals surface area contributed by atoms with Gasteiger partial charge in [-0.05, 0) is 60.7 Å². The van der Waals surface area contributed by atoms with Crippen LogP contribution in [0.5, 0.6) is 5.75 Å². The Bertz CT molecular complexity index is 1350. The second-order valence-electron chi connectivity index (χ2n) is 7.57. The SMILES string of the molecule is CCOc1ccc2ccccc2c1C(=O)Nc1ccc2c3c(c(=O)[nH]c2c1)CCC3. The second kappa shape index (κ2) is 7.34. The summed E-state index contributed by atoms with van der Waals surface area (Å²) < 4.78 is 5.73.